The molecular formula is C10H15F3N4S. The van der Waals surface area contributed by atoms with Crippen LogP contribution in [0.15, 0.2) is 6.07 Å². The molecule has 0 saturated heterocycles. The van der Waals surface area contributed by atoms with E-state index in [4.69, 9.17) is 5.73 Å². The van der Waals surface area contributed by atoms with E-state index in [0.29, 0.717) is 12.5 Å². The number of alkyl halides is 3. The van der Waals surface area contributed by atoms with Crippen LogP contribution in [-0.4, -0.2) is 28.5 Å². The third-order valence-corrected chi connectivity index (χ3v) is 3.02. The van der Waals surface area contributed by atoms with Gasteiger partial charge in [-0.3, -0.25) is 0 Å². The van der Waals surface area contributed by atoms with E-state index >= 15 is 0 Å². The lowest BCUT2D eigenvalue weighted by Gasteiger charge is -2.13. The first-order chi connectivity index (χ1) is 8.32. The van der Waals surface area contributed by atoms with Crippen LogP contribution in [-0.2, 0) is 6.18 Å². The Labute approximate surface area is 108 Å². The van der Waals surface area contributed by atoms with Gasteiger partial charge in [-0.05, 0) is 17.9 Å². The quantitative estimate of drug-likeness (QED) is 0.867. The fourth-order valence-corrected chi connectivity index (χ4v) is 2.01. The molecule has 0 fully saturated rings. The molecule has 4 nitrogen and oxygen atoms in total. The molecule has 3 N–H and O–H groups in total. The predicted octanol–water partition coefficient (Wildman–Crippen LogP) is 2.49. The molecule has 102 valence electrons. The summed E-state index contributed by atoms with van der Waals surface area (Å²) >= 11 is 1.68. The summed E-state index contributed by atoms with van der Waals surface area (Å²) < 4.78 is 37.5. The number of hydrogen-bond donors (Lipinski definition) is 2. The largest absolute Gasteiger partial charge is 0.433 e. The van der Waals surface area contributed by atoms with Crippen LogP contribution in [0.4, 0.5) is 24.9 Å². The van der Waals surface area contributed by atoms with E-state index in [1.807, 2.05) is 13.2 Å². The van der Waals surface area contributed by atoms with Crippen LogP contribution in [0, 0.1) is 5.92 Å². The van der Waals surface area contributed by atoms with E-state index < -0.39 is 11.9 Å². The van der Waals surface area contributed by atoms with Crippen molar-refractivity contribution in [3.8, 4) is 0 Å². The second-order valence-electron chi connectivity index (χ2n) is 3.94. The van der Waals surface area contributed by atoms with Crippen molar-refractivity contribution in [2.45, 2.75) is 13.1 Å². The van der Waals surface area contributed by atoms with Gasteiger partial charge in [0.2, 0.25) is 5.95 Å². The van der Waals surface area contributed by atoms with Crippen molar-refractivity contribution in [3.05, 3.63) is 11.8 Å². The first-order valence-electron chi connectivity index (χ1n) is 5.27. The number of nitrogens with one attached hydrogen (secondary N) is 1. The van der Waals surface area contributed by atoms with Gasteiger partial charge in [0, 0.05) is 12.6 Å². The van der Waals surface area contributed by atoms with E-state index in [-0.39, 0.29) is 11.8 Å². The van der Waals surface area contributed by atoms with Crippen molar-refractivity contribution in [2.75, 3.05) is 29.6 Å². The Kier molecular flexibility index (Phi) is 5.06. The summed E-state index contributed by atoms with van der Waals surface area (Å²) in [6.45, 7) is 2.54. The van der Waals surface area contributed by atoms with Crippen molar-refractivity contribution in [3.63, 3.8) is 0 Å². The molecule has 8 heteroatoms. The van der Waals surface area contributed by atoms with Crippen LogP contribution < -0.4 is 11.1 Å². The van der Waals surface area contributed by atoms with Crippen molar-refractivity contribution < 1.29 is 13.2 Å². The molecule has 0 bridgehead atoms. The van der Waals surface area contributed by atoms with E-state index in [2.05, 4.69) is 15.3 Å². The van der Waals surface area contributed by atoms with Crippen LogP contribution in [0.25, 0.3) is 0 Å². The summed E-state index contributed by atoms with van der Waals surface area (Å²) in [5.74, 6) is 0.956. The number of thioether (sulfide) groups is 1. The van der Waals surface area contributed by atoms with Crippen molar-refractivity contribution in [1.82, 2.24) is 9.97 Å². The van der Waals surface area contributed by atoms with Gasteiger partial charge in [-0.1, -0.05) is 6.92 Å². The molecule has 1 aromatic rings. The van der Waals surface area contributed by atoms with Gasteiger partial charge in [0.1, 0.15) is 5.82 Å². The third-order valence-electron chi connectivity index (χ3n) is 2.12. The topological polar surface area (TPSA) is 63.8 Å². The molecule has 0 aliphatic heterocycles. The zero-order valence-electron chi connectivity index (χ0n) is 10.1. The van der Waals surface area contributed by atoms with Gasteiger partial charge in [-0.2, -0.15) is 29.9 Å². The Hall–Kier alpha value is -1.18. The predicted molar refractivity (Wildman–Crippen MR) is 67.5 cm³/mol. The van der Waals surface area contributed by atoms with E-state index in [0.717, 1.165) is 11.8 Å². The van der Waals surface area contributed by atoms with Crippen LogP contribution in [0.3, 0.4) is 0 Å². The minimum Gasteiger partial charge on any atom is -0.370 e. The first kappa shape index (κ1) is 14.9. The second kappa shape index (κ2) is 6.12. The summed E-state index contributed by atoms with van der Waals surface area (Å²) in [6.07, 6.45) is -2.54. The highest BCUT2D eigenvalue weighted by Crippen LogP contribution is 2.29. The molecular weight excluding hydrogens is 265 g/mol. The molecule has 0 saturated carbocycles. The van der Waals surface area contributed by atoms with Gasteiger partial charge in [-0.15, -0.1) is 0 Å². The molecule has 0 aromatic carbocycles. The zero-order chi connectivity index (χ0) is 13.8. The van der Waals surface area contributed by atoms with E-state index in [1.54, 1.807) is 11.8 Å². The standard InChI is InChI=1S/C10H15F3N4S/c1-6(5-18-2)4-15-8-3-7(10(11,12)13)16-9(14)17-8/h3,6H,4-5H2,1-2H3,(H3,14,15,16,17). The summed E-state index contributed by atoms with van der Waals surface area (Å²) in [5, 5.41) is 2.84. The SMILES string of the molecule is CSCC(C)CNc1cc(C(F)(F)F)nc(N)n1. The molecule has 0 aliphatic rings. The first-order valence-corrected chi connectivity index (χ1v) is 6.67. The maximum Gasteiger partial charge on any atom is 0.433 e. The fourth-order valence-electron chi connectivity index (χ4n) is 1.32. The molecule has 0 aliphatic carbocycles. The molecule has 0 amide bonds. The summed E-state index contributed by atoms with van der Waals surface area (Å²) in [4.78, 5) is 6.89. The molecule has 0 spiro atoms. The zero-order valence-corrected chi connectivity index (χ0v) is 10.9. The number of nitrogens with two attached hydrogens (primary N) is 1. The lowest BCUT2D eigenvalue weighted by atomic mass is 10.2. The van der Waals surface area contributed by atoms with Crippen LogP contribution >= 0.6 is 11.8 Å². The highest BCUT2D eigenvalue weighted by Gasteiger charge is 2.33. The van der Waals surface area contributed by atoms with Gasteiger partial charge in [-0.25, -0.2) is 4.98 Å². The normalized spacial score (nSPS) is 13.4. The minimum atomic E-state index is -4.52. The Morgan fingerprint density at radius 3 is 2.67 bits per heavy atom. The maximum absolute atomic E-state index is 12.5. The molecule has 18 heavy (non-hydrogen) atoms. The molecule has 0 radical (unpaired) electrons. The number of nitrogen functional groups attached to an aromatic ring is 1. The van der Waals surface area contributed by atoms with Crippen LogP contribution in [0.5, 0.6) is 0 Å². The number of rotatable bonds is 5. The average molecular weight is 280 g/mol. The van der Waals surface area contributed by atoms with Gasteiger partial charge in [0.15, 0.2) is 5.69 Å². The summed E-state index contributed by atoms with van der Waals surface area (Å²) in [7, 11) is 0. The second-order valence-corrected chi connectivity index (χ2v) is 4.85. The Bertz CT molecular complexity index is 397. The average Bonchev–Trinajstić information content (AvgIpc) is 2.25. The van der Waals surface area contributed by atoms with Crippen molar-refractivity contribution >= 4 is 23.5 Å². The van der Waals surface area contributed by atoms with Gasteiger partial charge in [0.05, 0.1) is 0 Å². The molecule has 1 heterocycles. The highest BCUT2D eigenvalue weighted by molar-refractivity contribution is 7.98. The van der Waals surface area contributed by atoms with Crippen molar-refractivity contribution in [2.24, 2.45) is 5.92 Å². The smallest absolute Gasteiger partial charge is 0.370 e. The number of aromatic nitrogens is 2. The molecule has 1 atom stereocenters. The van der Waals surface area contributed by atoms with E-state index in [9.17, 15) is 13.2 Å². The monoisotopic (exact) mass is 280 g/mol. The van der Waals surface area contributed by atoms with Crippen LogP contribution in [0.1, 0.15) is 12.6 Å². The Balaban J connectivity index is 2.75. The summed E-state index contributed by atoms with van der Waals surface area (Å²) in [6, 6.07) is 0.863. The maximum atomic E-state index is 12.5. The lowest BCUT2D eigenvalue weighted by Crippen LogP contribution is -2.17. The highest BCUT2D eigenvalue weighted by atomic mass is 32.2. The Morgan fingerprint density at radius 2 is 2.11 bits per heavy atom. The number of anilines is 2. The molecule has 1 unspecified atom stereocenters. The number of nitrogens with zero attached hydrogens (tertiary/aromatic N) is 2. The minimum absolute atomic E-state index is 0.0998. The fraction of sp³-hybridized carbons (Fsp3) is 0.600. The number of halogens is 3. The van der Waals surface area contributed by atoms with Crippen LogP contribution in [0.2, 0.25) is 0 Å². The third kappa shape index (κ3) is 4.59. The lowest BCUT2D eigenvalue weighted by molar-refractivity contribution is -0.141. The van der Waals surface area contributed by atoms with E-state index in [1.165, 1.54) is 0 Å². The van der Waals surface area contributed by atoms with Crippen molar-refractivity contribution in [1.29, 1.82) is 0 Å². The molecule has 1 rings (SSSR count). The number of hydrogen-bond acceptors (Lipinski definition) is 5. The summed E-state index contributed by atoms with van der Waals surface area (Å²) in [5.41, 5.74) is 4.22. The van der Waals surface area contributed by atoms with Gasteiger partial charge in [0.25, 0.3) is 0 Å². The Morgan fingerprint density at radius 1 is 1.44 bits per heavy atom. The van der Waals surface area contributed by atoms with Gasteiger partial charge >= 0.3 is 6.18 Å². The van der Waals surface area contributed by atoms with Gasteiger partial charge < -0.3 is 11.1 Å². The molecule has 1 aromatic heterocycles.